The third-order valence-electron chi connectivity index (χ3n) is 4.34. The first-order valence-corrected chi connectivity index (χ1v) is 9.73. The molecule has 5 heteroatoms. The van der Waals surface area contributed by atoms with Crippen molar-refractivity contribution in [2.45, 2.75) is 12.5 Å². The highest BCUT2D eigenvalue weighted by molar-refractivity contribution is 9.10. The molecular weight excluding hydrogens is 416 g/mol. The highest BCUT2D eigenvalue weighted by Gasteiger charge is 2.17. The first-order valence-electron chi connectivity index (χ1n) is 8.94. The molecule has 3 aromatic rings. The summed E-state index contributed by atoms with van der Waals surface area (Å²) in [5, 5.41) is 13.1. The van der Waals surface area contributed by atoms with Crippen LogP contribution in [-0.2, 0) is 6.61 Å². The molecule has 0 aliphatic carbocycles. The van der Waals surface area contributed by atoms with Gasteiger partial charge in [0.1, 0.15) is 18.1 Å². The van der Waals surface area contributed by atoms with E-state index >= 15 is 0 Å². The largest absolute Gasteiger partial charge is 0.495 e. The molecule has 1 N–H and O–H groups in total. The second kappa shape index (κ2) is 9.82. The predicted octanol–water partition coefficient (Wildman–Crippen LogP) is 5.76. The van der Waals surface area contributed by atoms with Gasteiger partial charge in [0.2, 0.25) is 0 Å². The maximum absolute atomic E-state index is 9.79. The fourth-order valence-electron chi connectivity index (χ4n) is 2.89. The second-order valence-electron chi connectivity index (χ2n) is 6.22. The number of nitrogens with one attached hydrogen (secondary N) is 1. The molecule has 0 saturated carbocycles. The van der Waals surface area contributed by atoms with Crippen LogP contribution in [0.4, 0.5) is 5.69 Å². The molecule has 0 aromatic heterocycles. The fourth-order valence-corrected chi connectivity index (χ4v) is 3.27. The van der Waals surface area contributed by atoms with Crippen LogP contribution in [0, 0.1) is 11.3 Å². The smallest absolute Gasteiger partial charge is 0.141 e. The van der Waals surface area contributed by atoms with Gasteiger partial charge in [0.15, 0.2) is 0 Å². The Balaban J connectivity index is 1.77. The standard InChI is InChI=1S/C23H21BrN2O2/c1-27-23-10-6-5-9-21(23)26-15-18(14-25)20-13-19(24)11-12-22(20)28-16-17-7-3-2-4-8-17/h2-13,18,26H,15-16H2,1H3. The van der Waals surface area contributed by atoms with E-state index in [4.69, 9.17) is 9.47 Å². The number of nitriles is 1. The van der Waals surface area contributed by atoms with Gasteiger partial charge in [-0.2, -0.15) is 5.26 Å². The molecule has 0 aliphatic rings. The predicted molar refractivity (Wildman–Crippen MR) is 115 cm³/mol. The Morgan fingerprint density at radius 2 is 1.75 bits per heavy atom. The molecule has 0 fully saturated rings. The quantitative estimate of drug-likeness (QED) is 0.487. The minimum absolute atomic E-state index is 0.381. The summed E-state index contributed by atoms with van der Waals surface area (Å²) >= 11 is 3.50. The lowest BCUT2D eigenvalue weighted by atomic mass is 9.99. The topological polar surface area (TPSA) is 54.3 Å². The van der Waals surface area contributed by atoms with Gasteiger partial charge in [-0.3, -0.25) is 0 Å². The van der Waals surface area contributed by atoms with Crippen LogP contribution >= 0.6 is 15.9 Å². The number of nitrogens with zero attached hydrogens (tertiary/aromatic N) is 1. The van der Waals surface area contributed by atoms with Crippen LogP contribution in [0.1, 0.15) is 17.0 Å². The highest BCUT2D eigenvalue weighted by Crippen LogP contribution is 2.32. The molecule has 4 nitrogen and oxygen atoms in total. The van der Waals surface area contributed by atoms with Crippen molar-refractivity contribution >= 4 is 21.6 Å². The van der Waals surface area contributed by atoms with Crippen LogP contribution in [0.15, 0.2) is 77.3 Å². The molecule has 0 spiro atoms. The summed E-state index contributed by atoms with van der Waals surface area (Å²) in [6.07, 6.45) is 0. The first-order chi connectivity index (χ1) is 13.7. The summed E-state index contributed by atoms with van der Waals surface area (Å²) in [5.74, 6) is 1.07. The lowest BCUT2D eigenvalue weighted by molar-refractivity contribution is 0.302. The van der Waals surface area contributed by atoms with E-state index in [1.165, 1.54) is 0 Å². The van der Waals surface area contributed by atoms with Crippen molar-refractivity contribution in [1.29, 1.82) is 5.26 Å². The van der Waals surface area contributed by atoms with Crippen molar-refractivity contribution in [3.63, 3.8) is 0 Å². The van der Waals surface area contributed by atoms with Gasteiger partial charge < -0.3 is 14.8 Å². The van der Waals surface area contributed by atoms with Gasteiger partial charge in [0.25, 0.3) is 0 Å². The minimum Gasteiger partial charge on any atom is -0.495 e. The third-order valence-corrected chi connectivity index (χ3v) is 4.84. The summed E-state index contributed by atoms with van der Waals surface area (Å²) < 4.78 is 12.3. The van der Waals surface area contributed by atoms with Crippen LogP contribution in [0.3, 0.4) is 0 Å². The number of hydrogen-bond donors (Lipinski definition) is 1. The average molecular weight is 437 g/mol. The molecule has 1 atom stereocenters. The van der Waals surface area contributed by atoms with Gasteiger partial charge in [-0.05, 0) is 35.9 Å². The first kappa shape index (κ1) is 19.8. The Morgan fingerprint density at radius 1 is 1.00 bits per heavy atom. The highest BCUT2D eigenvalue weighted by atomic mass is 79.9. The number of rotatable bonds is 8. The summed E-state index contributed by atoms with van der Waals surface area (Å²) in [6, 6.07) is 25.8. The molecule has 1 unspecified atom stereocenters. The summed E-state index contributed by atoms with van der Waals surface area (Å²) in [6.45, 7) is 0.891. The number of methoxy groups -OCH3 is 1. The summed E-state index contributed by atoms with van der Waals surface area (Å²) in [7, 11) is 1.63. The number of benzene rings is 3. The Bertz CT molecular complexity index is 954. The number of para-hydroxylation sites is 2. The van der Waals surface area contributed by atoms with Gasteiger partial charge in [0, 0.05) is 16.6 Å². The molecule has 142 valence electrons. The Morgan fingerprint density at radius 3 is 2.50 bits per heavy atom. The third kappa shape index (κ3) is 5.05. The van der Waals surface area contributed by atoms with Crippen molar-refractivity contribution in [3.8, 4) is 17.6 Å². The van der Waals surface area contributed by atoms with E-state index in [9.17, 15) is 5.26 Å². The van der Waals surface area contributed by atoms with Crippen LogP contribution in [0.2, 0.25) is 0 Å². The molecule has 3 rings (SSSR count). The van der Waals surface area contributed by atoms with E-state index in [1.54, 1.807) is 7.11 Å². The van der Waals surface area contributed by atoms with Gasteiger partial charge in [-0.25, -0.2) is 0 Å². The van der Waals surface area contributed by atoms with E-state index in [0.29, 0.717) is 18.9 Å². The maximum atomic E-state index is 9.79. The average Bonchev–Trinajstić information content (AvgIpc) is 2.74. The van der Waals surface area contributed by atoms with Gasteiger partial charge in [-0.15, -0.1) is 0 Å². The van der Waals surface area contributed by atoms with Gasteiger partial charge in [0.05, 0.1) is 24.8 Å². The Kier molecular flexibility index (Phi) is 6.94. The molecule has 0 saturated heterocycles. The van der Waals surface area contributed by atoms with Crippen LogP contribution in [0.5, 0.6) is 11.5 Å². The Labute approximate surface area is 173 Å². The normalized spacial score (nSPS) is 11.3. The van der Waals surface area contributed by atoms with E-state index in [2.05, 4.69) is 27.3 Å². The molecule has 0 heterocycles. The summed E-state index contributed by atoms with van der Waals surface area (Å²) in [4.78, 5) is 0. The van der Waals surface area contributed by atoms with E-state index < -0.39 is 0 Å². The van der Waals surface area contributed by atoms with E-state index in [1.807, 2.05) is 72.8 Å². The van der Waals surface area contributed by atoms with Crippen molar-refractivity contribution < 1.29 is 9.47 Å². The second-order valence-corrected chi connectivity index (χ2v) is 7.13. The lowest BCUT2D eigenvalue weighted by Crippen LogP contribution is -2.13. The molecule has 0 bridgehead atoms. The maximum Gasteiger partial charge on any atom is 0.141 e. The zero-order valence-corrected chi connectivity index (χ0v) is 17.1. The van der Waals surface area contributed by atoms with E-state index in [0.717, 1.165) is 27.0 Å². The molecule has 0 radical (unpaired) electrons. The SMILES string of the molecule is COc1ccccc1NCC(C#N)c1cc(Br)ccc1OCc1ccccc1. The van der Waals surface area contributed by atoms with Crippen molar-refractivity contribution in [2.75, 3.05) is 19.0 Å². The lowest BCUT2D eigenvalue weighted by Gasteiger charge is -2.18. The zero-order valence-electron chi connectivity index (χ0n) is 15.6. The van der Waals surface area contributed by atoms with Crippen molar-refractivity contribution in [2.24, 2.45) is 0 Å². The van der Waals surface area contributed by atoms with Gasteiger partial charge in [-0.1, -0.05) is 58.4 Å². The van der Waals surface area contributed by atoms with Crippen molar-refractivity contribution in [1.82, 2.24) is 0 Å². The van der Waals surface area contributed by atoms with Crippen LogP contribution in [0.25, 0.3) is 0 Å². The molecule has 28 heavy (non-hydrogen) atoms. The molecule has 0 aliphatic heterocycles. The van der Waals surface area contributed by atoms with Gasteiger partial charge >= 0.3 is 0 Å². The molecule has 3 aromatic carbocycles. The number of ether oxygens (including phenoxy) is 2. The van der Waals surface area contributed by atoms with Crippen molar-refractivity contribution in [3.05, 3.63) is 88.4 Å². The van der Waals surface area contributed by atoms with Crippen LogP contribution in [-0.4, -0.2) is 13.7 Å². The fraction of sp³-hybridized carbons (Fsp3) is 0.174. The minimum atomic E-state index is -0.381. The van der Waals surface area contributed by atoms with Crippen LogP contribution < -0.4 is 14.8 Å². The molecule has 0 amide bonds. The zero-order chi connectivity index (χ0) is 19.8. The monoisotopic (exact) mass is 436 g/mol. The number of anilines is 1. The summed E-state index contributed by atoms with van der Waals surface area (Å²) in [5.41, 5.74) is 2.78. The van der Waals surface area contributed by atoms with E-state index in [-0.39, 0.29) is 5.92 Å². The number of hydrogen-bond acceptors (Lipinski definition) is 4. The Hall–Kier alpha value is -2.97. The molecular formula is C23H21BrN2O2. The number of halogens is 1.